The molecule has 2 aliphatic rings. The molecule has 0 radical (unpaired) electrons. The van der Waals surface area contributed by atoms with Crippen LogP contribution in [-0.4, -0.2) is 36.9 Å². The normalized spacial score (nSPS) is 17.6. The standard InChI is InChI=1S/C22H28N4S/c1-17-7-8-18-16-19(24-22(23)21-6-5-15-27-21)9-10-20(18)26(17)14-13-25-11-3-2-4-12-25/h5-6,9-10,15-16H,1-4,7-8,11-14H2,(H2,23,24). The number of likely N-dealkylation sites (tertiary alicyclic amines) is 1. The first-order valence-corrected chi connectivity index (χ1v) is 10.8. The van der Waals surface area contributed by atoms with E-state index in [1.807, 2.05) is 17.5 Å². The lowest BCUT2D eigenvalue weighted by Gasteiger charge is -2.36. The fourth-order valence-electron chi connectivity index (χ4n) is 4.04. The fraction of sp³-hybridized carbons (Fsp3) is 0.409. The van der Waals surface area contributed by atoms with Crippen molar-refractivity contribution in [3.63, 3.8) is 0 Å². The second kappa shape index (κ2) is 8.28. The number of benzene rings is 1. The highest BCUT2D eigenvalue weighted by molar-refractivity contribution is 7.12. The van der Waals surface area contributed by atoms with Crippen molar-refractivity contribution in [1.82, 2.24) is 4.90 Å². The van der Waals surface area contributed by atoms with Crippen LogP contribution in [0.25, 0.3) is 0 Å². The molecule has 2 aliphatic heterocycles. The topological polar surface area (TPSA) is 42.4 Å². The molecule has 2 N–H and O–H groups in total. The van der Waals surface area contributed by atoms with Gasteiger partial charge in [0.05, 0.1) is 4.88 Å². The van der Waals surface area contributed by atoms with Gasteiger partial charge in [-0.15, -0.1) is 11.3 Å². The van der Waals surface area contributed by atoms with Crippen molar-refractivity contribution >= 4 is 28.5 Å². The average Bonchev–Trinajstić information content (AvgIpc) is 3.23. The third-order valence-corrected chi connectivity index (χ3v) is 6.45. The van der Waals surface area contributed by atoms with Crippen LogP contribution in [-0.2, 0) is 6.42 Å². The number of nitrogens with zero attached hydrogens (tertiary/aromatic N) is 2. The third kappa shape index (κ3) is 4.25. The molecule has 3 heterocycles. The Labute approximate surface area is 166 Å². The number of amidine groups is 1. The summed E-state index contributed by atoms with van der Waals surface area (Å²) in [4.78, 5) is 5.95. The maximum atomic E-state index is 8.24. The zero-order chi connectivity index (χ0) is 18.6. The Morgan fingerprint density at radius 3 is 2.74 bits per heavy atom. The maximum Gasteiger partial charge on any atom is 0.140 e. The van der Waals surface area contributed by atoms with Gasteiger partial charge in [0.2, 0.25) is 0 Å². The van der Waals surface area contributed by atoms with Crippen molar-refractivity contribution in [3.05, 3.63) is 58.4 Å². The second-order valence-electron chi connectivity index (χ2n) is 7.44. The molecule has 0 aliphatic carbocycles. The van der Waals surface area contributed by atoms with Crippen LogP contribution in [0.15, 0.2) is 48.0 Å². The number of nitrogens with one attached hydrogen (secondary N) is 2. The molecule has 5 heteroatoms. The summed E-state index contributed by atoms with van der Waals surface area (Å²) in [7, 11) is 0. The van der Waals surface area contributed by atoms with Crippen LogP contribution >= 0.6 is 11.3 Å². The summed E-state index contributed by atoms with van der Waals surface area (Å²) in [6, 6.07) is 10.4. The van der Waals surface area contributed by atoms with E-state index in [1.165, 1.54) is 49.3 Å². The molecule has 4 rings (SSSR count). The molecule has 0 atom stereocenters. The van der Waals surface area contributed by atoms with Gasteiger partial charge in [0, 0.05) is 30.2 Å². The molecule has 0 unspecified atom stereocenters. The number of rotatable bonds is 5. The van der Waals surface area contributed by atoms with E-state index in [0.29, 0.717) is 5.84 Å². The molecule has 1 fully saturated rings. The molecule has 0 saturated carbocycles. The van der Waals surface area contributed by atoms with E-state index < -0.39 is 0 Å². The SMILES string of the molecule is C=C1CCc2cc(NC(=N)c3cccs3)ccc2N1CCN1CCCCC1. The molecule has 1 aromatic carbocycles. The van der Waals surface area contributed by atoms with E-state index in [2.05, 4.69) is 39.9 Å². The van der Waals surface area contributed by atoms with Crippen LogP contribution in [0.5, 0.6) is 0 Å². The van der Waals surface area contributed by atoms with E-state index in [4.69, 9.17) is 5.41 Å². The Bertz CT molecular complexity index is 806. The number of piperidine rings is 1. The van der Waals surface area contributed by atoms with Gasteiger partial charge in [0.25, 0.3) is 0 Å². The quantitative estimate of drug-likeness (QED) is 0.570. The van der Waals surface area contributed by atoms with Crippen LogP contribution in [0, 0.1) is 5.41 Å². The number of hydrogen-bond acceptors (Lipinski definition) is 4. The first kappa shape index (κ1) is 18.3. The monoisotopic (exact) mass is 380 g/mol. The molecule has 27 heavy (non-hydrogen) atoms. The Balaban J connectivity index is 1.45. The summed E-state index contributed by atoms with van der Waals surface area (Å²) < 4.78 is 0. The average molecular weight is 381 g/mol. The minimum Gasteiger partial charge on any atom is -0.344 e. The Kier molecular flexibility index (Phi) is 5.60. The molecule has 142 valence electrons. The van der Waals surface area contributed by atoms with Gasteiger partial charge >= 0.3 is 0 Å². The van der Waals surface area contributed by atoms with Crippen LogP contribution in [0.4, 0.5) is 11.4 Å². The molecule has 0 bridgehead atoms. The molecule has 0 spiro atoms. The van der Waals surface area contributed by atoms with Gasteiger partial charge in [-0.25, -0.2) is 0 Å². The molecular formula is C22H28N4S. The Hall–Kier alpha value is -2.11. The highest BCUT2D eigenvalue weighted by Crippen LogP contribution is 2.34. The van der Waals surface area contributed by atoms with Gasteiger partial charge in [-0.3, -0.25) is 5.41 Å². The van der Waals surface area contributed by atoms with Crippen molar-refractivity contribution < 1.29 is 0 Å². The predicted molar refractivity (Wildman–Crippen MR) is 116 cm³/mol. The van der Waals surface area contributed by atoms with Crippen LogP contribution in [0.1, 0.15) is 36.1 Å². The minimum atomic E-state index is 0.465. The fourth-order valence-corrected chi connectivity index (χ4v) is 4.67. The predicted octanol–water partition coefficient (Wildman–Crippen LogP) is 4.94. The van der Waals surface area contributed by atoms with Gasteiger partial charge in [-0.1, -0.05) is 19.1 Å². The second-order valence-corrected chi connectivity index (χ2v) is 8.39. The van der Waals surface area contributed by atoms with Crippen molar-refractivity contribution in [2.45, 2.75) is 32.1 Å². The number of fused-ring (bicyclic) bond motifs is 1. The van der Waals surface area contributed by atoms with E-state index in [9.17, 15) is 0 Å². The number of aryl methyl sites for hydroxylation is 1. The summed E-state index contributed by atoms with van der Waals surface area (Å²) >= 11 is 1.59. The molecule has 4 nitrogen and oxygen atoms in total. The zero-order valence-electron chi connectivity index (χ0n) is 15.8. The van der Waals surface area contributed by atoms with Crippen molar-refractivity contribution in [1.29, 1.82) is 5.41 Å². The van der Waals surface area contributed by atoms with E-state index in [0.717, 1.165) is 36.5 Å². The number of hydrogen-bond donors (Lipinski definition) is 2. The molecule has 1 saturated heterocycles. The largest absolute Gasteiger partial charge is 0.344 e. The van der Waals surface area contributed by atoms with Gasteiger partial charge in [0.15, 0.2) is 0 Å². The van der Waals surface area contributed by atoms with Crippen molar-refractivity contribution in [2.24, 2.45) is 0 Å². The first-order chi connectivity index (χ1) is 13.2. The van der Waals surface area contributed by atoms with E-state index in [-0.39, 0.29) is 0 Å². The van der Waals surface area contributed by atoms with Crippen LogP contribution in [0.3, 0.4) is 0 Å². The number of anilines is 2. The minimum absolute atomic E-state index is 0.465. The van der Waals surface area contributed by atoms with Gasteiger partial charge < -0.3 is 15.1 Å². The Morgan fingerprint density at radius 1 is 1.11 bits per heavy atom. The number of thiophene rings is 1. The summed E-state index contributed by atoms with van der Waals surface area (Å²) in [5.41, 5.74) is 4.86. The summed E-state index contributed by atoms with van der Waals surface area (Å²) in [6.45, 7) is 8.93. The lowest BCUT2D eigenvalue weighted by Crippen LogP contribution is -2.38. The Morgan fingerprint density at radius 2 is 1.96 bits per heavy atom. The zero-order valence-corrected chi connectivity index (χ0v) is 16.7. The highest BCUT2D eigenvalue weighted by atomic mass is 32.1. The van der Waals surface area contributed by atoms with Crippen molar-refractivity contribution in [3.8, 4) is 0 Å². The molecule has 0 amide bonds. The van der Waals surface area contributed by atoms with Crippen molar-refractivity contribution in [2.75, 3.05) is 36.4 Å². The number of allylic oxidation sites excluding steroid dienone is 1. The summed E-state index contributed by atoms with van der Waals surface area (Å²) in [5, 5.41) is 13.5. The first-order valence-electron chi connectivity index (χ1n) is 9.91. The lowest BCUT2D eigenvalue weighted by molar-refractivity contribution is 0.234. The van der Waals surface area contributed by atoms with Crippen LogP contribution < -0.4 is 10.2 Å². The van der Waals surface area contributed by atoms with E-state index in [1.54, 1.807) is 11.3 Å². The molecular weight excluding hydrogens is 352 g/mol. The van der Waals surface area contributed by atoms with E-state index >= 15 is 0 Å². The third-order valence-electron chi connectivity index (χ3n) is 5.56. The lowest BCUT2D eigenvalue weighted by atomic mass is 9.98. The highest BCUT2D eigenvalue weighted by Gasteiger charge is 2.21. The molecule has 2 aromatic rings. The summed E-state index contributed by atoms with van der Waals surface area (Å²) in [5.74, 6) is 0.465. The summed E-state index contributed by atoms with van der Waals surface area (Å²) in [6.07, 6.45) is 6.09. The van der Waals surface area contributed by atoms with Crippen LogP contribution in [0.2, 0.25) is 0 Å². The van der Waals surface area contributed by atoms with Gasteiger partial charge in [-0.2, -0.15) is 0 Å². The maximum absolute atomic E-state index is 8.24. The van der Waals surface area contributed by atoms with Gasteiger partial charge in [0.1, 0.15) is 5.84 Å². The van der Waals surface area contributed by atoms with Gasteiger partial charge in [-0.05, 0) is 74.0 Å². The molecule has 1 aromatic heterocycles. The smallest absolute Gasteiger partial charge is 0.140 e.